The van der Waals surface area contributed by atoms with Crippen LogP contribution in [0.5, 0.6) is 0 Å². The van der Waals surface area contributed by atoms with Crippen molar-refractivity contribution in [2.75, 3.05) is 26.2 Å². The second-order valence-electron chi connectivity index (χ2n) is 5.51. The number of nitrogens with zero attached hydrogens (tertiary/aromatic N) is 6. The fourth-order valence-electron chi connectivity index (χ4n) is 2.81. The van der Waals surface area contributed by atoms with Crippen molar-refractivity contribution in [3.63, 3.8) is 0 Å². The normalized spacial score (nSPS) is 13.9. The van der Waals surface area contributed by atoms with Gasteiger partial charge in [-0.3, -0.25) is 0 Å². The van der Waals surface area contributed by atoms with Gasteiger partial charge < -0.3 is 10.6 Å². The average Bonchev–Trinajstić information content (AvgIpc) is 2.69. The van der Waals surface area contributed by atoms with E-state index in [1.807, 2.05) is 12.1 Å². The molecule has 0 unspecified atom stereocenters. The van der Waals surface area contributed by atoms with E-state index in [2.05, 4.69) is 55.3 Å². The number of hydrogen-bond acceptors (Lipinski definition) is 4. The van der Waals surface area contributed by atoms with Gasteiger partial charge in [0.15, 0.2) is 0 Å². The molecule has 2 aromatic carbocycles. The number of fused-ring (bicyclic) bond motifs is 5. The summed E-state index contributed by atoms with van der Waals surface area (Å²) in [5.41, 5.74) is 1.75. The molecule has 0 atom stereocenters. The molecule has 0 bridgehead atoms. The maximum absolute atomic E-state index is 4.24. The second kappa shape index (κ2) is 8.38. The van der Waals surface area contributed by atoms with E-state index in [-0.39, 0.29) is 21.1 Å². The molecule has 0 amide bonds. The monoisotopic (exact) mass is 511 g/mol. The van der Waals surface area contributed by atoms with Gasteiger partial charge in [0.1, 0.15) is 11.0 Å². The molecule has 1 saturated heterocycles. The Balaban J connectivity index is 0.000000224. The molecule has 0 N–H and O–H groups in total. The Morgan fingerprint density at radius 2 is 1.04 bits per heavy atom. The topological polar surface area (TPSA) is 79.8 Å². The molecular weight excluding hydrogens is 495 g/mol. The van der Waals surface area contributed by atoms with Gasteiger partial charge in [-0.2, -0.15) is 36.4 Å². The summed E-state index contributed by atoms with van der Waals surface area (Å²) >= 11 is 0. The van der Waals surface area contributed by atoms with Crippen LogP contribution in [0.25, 0.3) is 43.2 Å². The van der Waals surface area contributed by atoms with Gasteiger partial charge in [-0.05, 0) is 17.5 Å². The first kappa shape index (κ1) is 17.8. The summed E-state index contributed by atoms with van der Waals surface area (Å²) in [6, 6.07) is 12.2. The molecule has 4 aromatic rings. The number of hydrogen-bond donors (Lipinski definition) is 0. The molecule has 6 nitrogen and oxygen atoms in total. The summed E-state index contributed by atoms with van der Waals surface area (Å²) in [6.07, 6.45) is 3.40. The van der Waals surface area contributed by atoms with Crippen molar-refractivity contribution in [3.05, 3.63) is 59.4 Å². The zero-order valence-corrected chi connectivity index (χ0v) is 15.7. The van der Waals surface area contributed by atoms with Crippen molar-refractivity contribution >= 4 is 32.6 Å². The van der Waals surface area contributed by atoms with E-state index in [1.54, 1.807) is 12.4 Å². The van der Waals surface area contributed by atoms with Gasteiger partial charge in [-0.15, -0.1) is 10.2 Å². The van der Waals surface area contributed by atoms with E-state index in [1.165, 1.54) is 0 Å². The van der Waals surface area contributed by atoms with Crippen molar-refractivity contribution in [2.45, 2.75) is 0 Å². The minimum absolute atomic E-state index is 0. The van der Waals surface area contributed by atoms with Gasteiger partial charge in [0.05, 0.1) is 12.4 Å². The molecule has 128 valence electrons. The fourth-order valence-corrected chi connectivity index (χ4v) is 2.81. The van der Waals surface area contributed by atoms with Gasteiger partial charge in [-0.1, -0.05) is 24.3 Å². The minimum atomic E-state index is 0. The third kappa shape index (κ3) is 3.81. The molecule has 0 saturated carbocycles. The Labute approximate surface area is 159 Å². The molecule has 1 aliphatic heterocycles. The summed E-state index contributed by atoms with van der Waals surface area (Å²) < 4.78 is 0. The van der Waals surface area contributed by atoms with Crippen LogP contribution in [0.2, 0.25) is 0 Å². The largest absolute Gasteiger partial charge is 2.00 e. The van der Waals surface area contributed by atoms with Crippen molar-refractivity contribution in [1.82, 2.24) is 20.4 Å². The predicted molar refractivity (Wildman–Crippen MR) is 96.3 cm³/mol. The molecule has 1 fully saturated rings. The summed E-state index contributed by atoms with van der Waals surface area (Å²) in [5.74, 6) is 0. The van der Waals surface area contributed by atoms with E-state index in [0.29, 0.717) is 0 Å². The van der Waals surface area contributed by atoms with Crippen LogP contribution in [0.15, 0.2) is 48.8 Å². The minimum Gasteiger partial charge on any atom is -0.665 e. The molecule has 3 heterocycles. The van der Waals surface area contributed by atoms with Crippen LogP contribution in [0.4, 0.5) is 0 Å². The van der Waals surface area contributed by atoms with Crippen molar-refractivity contribution < 1.29 is 21.1 Å². The van der Waals surface area contributed by atoms with Gasteiger partial charge in [0.2, 0.25) is 0 Å². The second-order valence-corrected chi connectivity index (χ2v) is 5.51. The summed E-state index contributed by atoms with van der Waals surface area (Å²) in [6.45, 7) is 3.83. The first-order chi connectivity index (χ1) is 11.9. The average molecular weight is 511 g/mol. The van der Waals surface area contributed by atoms with E-state index < -0.39 is 0 Å². The number of aromatic nitrogens is 4. The Morgan fingerprint density at radius 1 is 0.600 bits per heavy atom. The van der Waals surface area contributed by atoms with Gasteiger partial charge >= 0.3 is 21.1 Å². The van der Waals surface area contributed by atoms with Crippen LogP contribution in [0.1, 0.15) is 0 Å². The van der Waals surface area contributed by atoms with Crippen LogP contribution in [-0.4, -0.2) is 46.6 Å². The number of benzene rings is 2. The third-order valence-corrected chi connectivity index (χ3v) is 3.98. The summed E-state index contributed by atoms with van der Waals surface area (Å²) in [4.78, 5) is 0. The summed E-state index contributed by atoms with van der Waals surface area (Å²) in [7, 11) is 0. The van der Waals surface area contributed by atoms with Crippen LogP contribution in [0, 0.1) is 0 Å². The smallest absolute Gasteiger partial charge is 0.665 e. The molecule has 0 spiro atoms. The molecule has 0 radical (unpaired) electrons. The van der Waals surface area contributed by atoms with Gasteiger partial charge in [0.25, 0.3) is 0 Å². The Bertz CT molecular complexity index is 905. The molecule has 25 heavy (non-hydrogen) atoms. The number of piperazine rings is 1. The first-order valence-electron chi connectivity index (χ1n) is 7.94. The Morgan fingerprint density at radius 3 is 1.48 bits per heavy atom. The molecule has 0 aliphatic carbocycles. The van der Waals surface area contributed by atoms with Crippen LogP contribution in [-0.2, 0) is 21.1 Å². The number of rotatable bonds is 0. The van der Waals surface area contributed by atoms with E-state index in [9.17, 15) is 0 Å². The quantitative estimate of drug-likeness (QED) is 0.339. The SMILES string of the molecule is C1C[N-]CC[N-]1.[Pt+2].c1cc2ccc3ccc4ccnnc4c3c2nn1. The van der Waals surface area contributed by atoms with E-state index >= 15 is 0 Å². The fraction of sp³-hybridized carbons (Fsp3) is 0.222. The molecule has 2 aromatic heterocycles. The van der Waals surface area contributed by atoms with Crippen molar-refractivity contribution in [3.8, 4) is 0 Å². The third-order valence-electron chi connectivity index (χ3n) is 3.98. The zero-order chi connectivity index (χ0) is 16.2. The first-order valence-corrected chi connectivity index (χ1v) is 7.94. The zero-order valence-electron chi connectivity index (χ0n) is 13.4. The molecule has 1 aliphatic rings. The Hall–Kier alpha value is -2.01. The Kier molecular flexibility index (Phi) is 5.97. The van der Waals surface area contributed by atoms with Crippen molar-refractivity contribution in [1.29, 1.82) is 0 Å². The standard InChI is InChI=1S/C14H8N4.C4H8N2.Pt/c1-3-10-5-7-15-17-13(10)12-9(1)2-4-11-6-8-16-18-14(11)12;1-2-6-4-3-5-1;/h1-8H;1-4H2;/q;-2;+2. The molecule has 5 rings (SSSR count). The maximum Gasteiger partial charge on any atom is 2.00 e. The van der Waals surface area contributed by atoms with Crippen LogP contribution >= 0.6 is 0 Å². The van der Waals surface area contributed by atoms with Gasteiger partial charge in [-0.25, -0.2) is 0 Å². The molecule has 7 heteroatoms. The van der Waals surface area contributed by atoms with E-state index in [4.69, 9.17) is 0 Å². The van der Waals surface area contributed by atoms with Crippen LogP contribution in [0.3, 0.4) is 0 Å². The van der Waals surface area contributed by atoms with Crippen LogP contribution < -0.4 is 0 Å². The predicted octanol–water partition coefficient (Wildman–Crippen LogP) is 3.47. The maximum atomic E-state index is 4.24. The van der Waals surface area contributed by atoms with E-state index in [0.717, 1.165) is 58.8 Å². The molecular formula is C18H16N6Pt. The summed E-state index contributed by atoms with van der Waals surface area (Å²) in [5, 5.41) is 28.9. The van der Waals surface area contributed by atoms with Gasteiger partial charge in [0, 0.05) is 16.2 Å². The van der Waals surface area contributed by atoms with Crippen molar-refractivity contribution in [2.24, 2.45) is 0 Å².